The smallest absolute Gasteiger partial charge is 0.233 e. The summed E-state index contributed by atoms with van der Waals surface area (Å²) in [5.74, 6) is 0.0878. The number of fused-ring (bicyclic) bond motifs is 1. The predicted octanol–water partition coefficient (Wildman–Crippen LogP) is 1.85. The molecular weight excluding hydrogens is 220 g/mol. The van der Waals surface area contributed by atoms with E-state index in [9.17, 15) is 4.79 Å². The molecule has 0 bridgehead atoms. The van der Waals surface area contributed by atoms with Crippen molar-refractivity contribution in [3.8, 4) is 0 Å². The first-order chi connectivity index (χ1) is 7.81. The first-order valence-electron chi connectivity index (χ1n) is 5.87. The number of aryl methyl sites for hydroxylation is 1. The molecule has 0 saturated carbocycles. The van der Waals surface area contributed by atoms with Crippen LogP contribution in [0.25, 0.3) is 0 Å². The molecule has 1 heterocycles. The highest BCUT2D eigenvalue weighted by Crippen LogP contribution is 2.32. The van der Waals surface area contributed by atoms with E-state index in [1.165, 1.54) is 23.3 Å². The van der Waals surface area contributed by atoms with E-state index in [0.717, 1.165) is 6.42 Å². The summed E-state index contributed by atoms with van der Waals surface area (Å²) in [5, 5.41) is 8.30. The zero-order valence-corrected chi connectivity index (χ0v) is 10.4. The average Bonchev–Trinajstić information content (AvgIpc) is 2.75. The Morgan fingerprint density at radius 1 is 1.62 bits per heavy atom. The molecule has 1 amide bonds. The molecule has 1 atom stereocenters. The number of rotatable bonds is 4. The van der Waals surface area contributed by atoms with Crippen molar-refractivity contribution >= 4 is 17.2 Å². The third-order valence-corrected chi connectivity index (χ3v) is 3.93. The van der Waals surface area contributed by atoms with E-state index in [0.29, 0.717) is 19.1 Å². The fourth-order valence-electron chi connectivity index (χ4n) is 2.17. The second-order valence-electron chi connectivity index (χ2n) is 4.08. The van der Waals surface area contributed by atoms with Gasteiger partial charge in [0.2, 0.25) is 5.91 Å². The van der Waals surface area contributed by atoms with Gasteiger partial charge in [0, 0.05) is 17.5 Å². The maximum atomic E-state index is 11.4. The molecule has 1 unspecified atom stereocenters. The van der Waals surface area contributed by atoms with Crippen molar-refractivity contribution in [1.82, 2.24) is 10.6 Å². The summed E-state index contributed by atoms with van der Waals surface area (Å²) in [5.41, 5.74) is 1.40. The molecule has 1 aromatic rings. The summed E-state index contributed by atoms with van der Waals surface area (Å²) in [6.07, 6.45) is 3.57. The Morgan fingerprint density at radius 2 is 2.50 bits per heavy atom. The lowest BCUT2D eigenvalue weighted by atomic mass is 9.94. The minimum Gasteiger partial charge on any atom is -0.355 e. The van der Waals surface area contributed by atoms with Crippen LogP contribution in [0.4, 0.5) is 0 Å². The molecule has 2 N–H and O–H groups in total. The summed E-state index contributed by atoms with van der Waals surface area (Å²) in [6.45, 7) is 3.07. The molecule has 0 saturated heterocycles. The van der Waals surface area contributed by atoms with E-state index < -0.39 is 0 Å². The third-order valence-electron chi connectivity index (χ3n) is 2.93. The number of hydrogen-bond acceptors (Lipinski definition) is 3. The Kier molecular flexibility index (Phi) is 3.96. The molecule has 2 rings (SSSR count). The van der Waals surface area contributed by atoms with Crippen LogP contribution in [0.15, 0.2) is 11.4 Å². The molecule has 4 heteroatoms. The third kappa shape index (κ3) is 2.62. The lowest BCUT2D eigenvalue weighted by Gasteiger charge is -2.23. The highest BCUT2D eigenvalue weighted by Gasteiger charge is 2.20. The van der Waals surface area contributed by atoms with Crippen LogP contribution in [0, 0.1) is 0 Å². The average molecular weight is 238 g/mol. The van der Waals surface area contributed by atoms with Gasteiger partial charge in [-0.15, -0.1) is 11.3 Å². The van der Waals surface area contributed by atoms with Crippen LogP contribution in [-0.2, 0) is 11.2 Å². The van der Waals surface area contributed by atoms with Gasteiger partial charge in [-0.1, -0.05) is 0 Å². The van der Waals surface area contributed by atoms with Gasteiger partial charge in [0.1, 0.15) is 0 Å². The minimum absolute atomic E-state index is 0.0878. The van der Waals surface area contributed by atoms with Crippen molar-refractivity contribution in [3.63, 3.8) is 0 Å². The normalized spacial score (nSPS) is 19.2. The minimum atomic E-state index is 0.0878. The van der Waals surface area contributed by atoms with E-state index in [-0.39, 0.29) is 5.91 Å². The summed E-state index contributed by atoms with van der Waals surface area (Å²) >= 11 is 1.83. The highest BCUT2D eigenvalue weighted by atomic mass is 32.1. The first kappa shape index (κ1) is 11.6. The largest absolute Gasteiger partial charge is 0.355 e. The standard InChI is InChI=1S/C12H18N2OS/c1-2-13-12(15)8-14-10-4-3-5-11-9(10)6-7-16-11/h6-7,10,14H,2-5,8H2,1H3,(H,13,15). The summed E-state index contributed by atoms with van der Waals surface area (Å²) in [6, 6.07) is 2.56. The van der Waals surface area contributed by atoms with E-state index in [4.69, 9.17) is 0 Å². The van der Waals surface area contributed by atoms with E-state index >= 15 is 0 Å². The topological polar surface area (TPSA) is 41.1 Å². The molecule has 3 nitrogen and oxygen atoms in total. The molecule has 0 aliphatic heterocycles. The second kappa shape index (κ2) is 5.46. The van der Waals surface area contributed by atoms with Crippen molar-refractivity contribution in [3.05, 3.63) is 21.9 Å². The number of thiophene rings is 1. The second-order valence-corrected chi connectivity index (χ2v) is 5.08. The summed E-state index contributed by atoms with van der Waals surface area (Å²) in [4.78, 5) is 12.9. The van der Waals surface area contributed by atoms with Crippen LogP contribution in [0.1, 0.15) is 36.2 Å². The van der Waals surface area contributed by atoms with Gasteiger partial charge < -0.3 is 10.6 Å². The van der Waals surface area contributed by atoms with Gasteiger partial charge in [-0.25, -0.2) is 0 Å². The number of carbonyl (C=O) groups excluding carboxylic acids is 1. The molecule has 1 aliphatic carbocycles. The maximum absolute atomic E-state index is 11.4. The Labute approximate surface area is 100 Å². The van der Waals surface area contributed by atoms with Crippen molar-refractivity contribution in [1.29, 1.82) is 0 Å². The van der Waals surface area contributed by atoms with Gasteiger partial charge in [0.05, 0.1) is 6.54 Å². The van der Waals surface area contributed by atoms with Crippen LogP contribution >= 0.6 is 11.3 Å². The van der Waals surface area contributed by atoms with Gasteiger partial charge in [0.25, 0.3) is 0 Å². The number of nitrogens with one attached hydrogen (secondary N) is 2. The molecular formula is C12H18N2OS. The van der Waals surface area contributed by atoms with Crippen molar-refractivity contribution in [2.45, 2.75) is 32.2 Å². The Hall–Kier alpha value is -0.870. The van der Waals surface area contributed by atoms with Crippen LogP contribution in [0.2, 0.25) is 0 Å². The molecule has 88 valence electrons. The van der Waals surface area contributed by atoms with Crippen LogP contribution in [-0.4, -0.2) is 19.0 Å². The van der Waals surface area contributed by atoms with Gasteiger partial charge in [-0.2, -0.15) is 0 Å². The van der Waals surface area contributed by atoms with Gasteiger partial charge in [-0.3, -0.25) is 4.79 Å². The van der Waals surface area contributed by atoms with Gasteiger partial charge >= 0.3 is 0 Å². The molecule has 0 aromatic carbocycles. The lowest BCUT2D eigenvalue weighted by molar-refractivity contribution is -0.120. The quantitative estimate of drug-likeness (QED) is 0.840. The maximum Gasteiger partial charge on any atom is 0.233 e. The zero-order valence-electron chi connectivity index (χ0n) is 9.58. The van der Waals surface area contributed by atoms with E-state index in [1.807, 2.05) is 18.3 Å². The summed E-state index contributed by atoms with van der Waals surface area (Å²) < 4.78 is 0. The van der Waals surface area contributed by atoms with Crippen molar-refractivity contribution in [2.24, 2.45) is 0 Å². The first-order valence-corrected chi connectivity index (χ1v) is 6.75. The van der Waals surface area contributed by atoms with Gasteiger partial charge in [0.15, 0.2) is 0 Å². The monoisotopic (exact) mass is 238 g/mol. The fraction of sp³-hybridized carbons (Fsp3) is 0.583. The molecule has 0 fully saturated rings. The number of hydrogen-bond donors (Lipinski definition) is 2. The molecule has 16 heavy (non-hydrogen) atoms. The fourth-order valence-corrected chi connectivity index (χ4v) is 3.16. The predicted molar refractivity (Wildman–Crippen MR) is 66.7 cm³/mol. The lowest BCUT2D eigenvalue weighted by Crippen LogP contribution is -2.36. The van der Waals surface area contributed by atoms with Crippen LogP contribution in [0.5, 0.6) is 0 Å². The molecule has 1 aliphatic rings. The van der Waals surface area contributed by atoms with Crippen molar-refractivity contribution in [2.75, 3.05) is 13.1 Å². The highest BCUT2D eigenvalue weighted by molar-refractivity contribution is 7.10. The Bertz CT molecular complexity index is 362. The molecule has 0 radical (unpaired) electrons. The molecule has 0 spiro atoms. The number of amides is 1. The number of carbonyl (C=O) groups is 1. The number of likely N-dealkylation sites (N-methyl/N-ethyl adjacent to an activating group) is 1. The van der Waals surface area contributed by atoms with Gasteiger partial charge in [-0.05, 0) is 43.2 Å². The Balaban J connectivity index is 1.90. The summed E-state index contributed by atoms with van der Waals surface area (Å²) in [7, 11) is 0. The van der Waals surface area contributed by atoms with Crippen LogP contribution < -0.4 is 10.6 Å². The van der Waals surface area contributed by atoms with E-state index in [1.54, 1.807) is 0 Å². The Morgan fingerprint density at radius 3 is 3.31 bits per heavy atom. The SMILES string of the molecule is CCNC(=O)CNC1CCCc2sccc21. The molecule has 1 aromatic heterocycles. The van der Waals surface area contributed by atoms with Crippen molar-refractivity contribution < 1.29 is 4.79 Å². The van der Waals surface area contributed by atoms with E-state index in [2.05, 4.69) is 22.1 Å². The zero-order chi connectivity index (χ0) is 11.4. The van der Waals surface area contributed by atoms with Crippen LogP contribution in [0.3, 0.4) is 0 Å².